The minimum atomic E-state index is -0.180. The van der Waals surface area contributed by atoms with Gasteiger partial charge in [0.1, 0.15) is 5.60 Å². The van der Waals surface area contributed by atoms with Crippen LogP contribution in [-0.4, -0.2) is 28.1 Å². The summed E-state index contributed by atoms with van der Waals surface area (Å²) in [5.41, 5.74) is 0.799. The lowest BCUT2D eigenvalue weighted by Crippen LogP contribution is -2.60. The molecule has 2 heterocycles. The van der Waals surface area contributed by atoms with Gasteiger partial charge in [-0.15, -0.1) is 0 Å². The second kappa shape index (κ2) is 4.39. The van der Waals surface area contributed by atoms with Gasteiger partial charge in [0.25, 0.3) is 0 Å². The van der Waals surface area contributed by atoms with E-state index in [1.165, 1.54) is 12.8 Å². The highest BCUT2D eigenvalue weighted by atomic mass is 16.5. The predicted octanol–water partition coefficient (Wildman–Crippen LogP) is 3.01. The minimum absolute atomic E-state index is 0.0624. The number of phenolic OH excluding ortho intramolecular Hbond substituents is 1. The molecule has 1 aromatic rings. The maximum atomic E-state index is 12.1. The summed E-state index contributed by atoms with van der Waals surface area (Å²) in [5.74, 6) is 1.28. The Morgan fingerprint density at radius 2 is 2.24 bits per heavy atom. The van der Waals surface area contributed by atoms with Gasteiger partial charge in [-0.1, -0.05) is 18.6 Å². The number of benzene rings is 1. The van der Waals surface area contributed by atoms with Crippen LogP contribution in [0.3, 0.4) is 0 Å². The van der Waals surface area contributed by atoms with Crippen molar-refractivity contribution in [3.05, 3.63) is 23.8 Å². The topological polar surface area (TPSA) is 49.8 Å². The fourth-order valence-electron chi connectivity index (χ4n) is 4.66. The van der Waals surface area contributed by atoms with Crippen molar-refractivity contribution >= 4 is 5.91 Å². The quantitative estimate of drug-likeness (QED) is 0.798. The second-order valence-electron chi connectivity index (χ2n) is 6.62. The summed E-state index contributed by atoms with van der Waals surface area (Å²) in [7, 11) is 0. The van der Waals surface area contributed by atoms with E-state index in [2.05, 4.69) is 0 Å². The summed E-state index contributed by atoms with van der Waals surface area (Å²) in [6.45, 7) is 2.40. The van der Waals surface area contributed by atoms with Crippen molar-refractivity contribution in [2.75, 3.05) is 6.54 Å². The Balaban J connectivity index is 1.90. The van der Waals surface area contributed by atoms with Crippen LogP contribution < -0.4 is 4.74 Å². The minimum Gasteiger partial charge on any atom is -0.504 e. The van der Waals surface area contributed by atoms with E-state index >= 15 is 0 Å². The number of para-hydroxylation sites is 1. The number of ether oxygens (including phenoxy) is 1. The van der Waals surface area contributed by atoms with Crippen molar-refractivity contribution in [3.63, 3.8) is 0 Å². The van der Waals surface area contributed by atoms with Crippen molar-refractivity contribution in [3.8, 4) is 11.5 Å². The summed E-state index contributed by atoms with van der Waals surface area (Å²) in [6, 6.07) is 5.58. The first-order chi connectivity index (χ1) is 10.1. The number of phenols is 1. The first kappa shape index (κ1) is 13.0. The molecule has 2 bridgehead atoms. The summed E-state index contributed by atoms with van der Waals surface area (Å²) in [6.07, 6.45) is 5.39. The largest absolute Gasteiger partial charge is 0.504 e. The van der Waals surface area contributed by atoms with Crippen LogP contribution in [0.5, 0.6) is 11.5 Å². The molecule has 0 aromatic heterocycles. The van der Waals surface area contributed by atoms with Crippen LogP contribution >= 0.6 is 0 Å². The molecule has 1 amide bonds. The van der Waals surface area contributed by atoms with Crippen LogP contribution in [0.15, 0.2) is 18.2 Å². The van der Waals surface area contributed by atoms with E-state index in [1.807, 2.05) is 17.0 Å². The van der Waals surface area contributed by atoms with Crippen LogP contribution in [0.4, 0.5) is 0 Å². The number of piperidine rings is 1. The molecule has 1 aromatic carbocycles. The molecule has 4 rings (SSSR count). The summed E-state index contributed by atoms with van der Waals surface area (Å²) >= 11 is 0. The third-order valence-corrected chi connectivity index (χ3v) is 5.59. The molecular formula is C17H21NO3. The normalized spacial score (nSPS) is 33.7. The van der Waals surface area contributed by atoms with Gasteiger partial charge < -0.3 is 14.7 Å². The molecule has 112 valence electrons. The molecule has 0 radical (unpaired) electrons. The van der Waals surface area contributed by atoms with Crippen molar-refractivity contribution < 1.29 is 14.6 Å². The smallest absolute Gasteiger partial charge is 0.219 e. The van der Waals surface area contributed by atoms with Crippen LogP contribution in [0.25, 0.3) is 0 Å². The number of carbonyl (C=O) groups excluding carboxylic acids is 1. The maximum absolute atomic E-state index is 12.1. The number of hydrogen-bond donors (Lipinski definition) is 1. The molecule has 1 saturated carbocycles. The molecule has 4 nitrogen and oxygen atoms in total. The Kier molecular flexibility index (Phi) is 2.72. The lowest BCUT2D eigenvalue weighted by molar-refractivity contribution is -0.154. The Hall–Kier alpha value is -1.71. The highest BCUT2D eigenvalue weighted by Crippen LogP contribution is 2.58. The summed E-state index contributed by atoms with van der Waals surface area (Å²) in [5, 5.41) is 10.2. The number of aromatic hydroxyl groups is 1. The average Bonchev–Trinajstić information content (AvgIpc) is 2.47. The lowest BCUT2D eigenvalue weighted by Gasteiger charge is -2.57. The molecule has 1 saturated heterocycles. The fraction of sp³-hybridized carbons (Fsp3) is 0.588. The lowest BCUT2D eigenvalue weighted by atomic mass is 9.64. The highest BCUT2D eigenvalue weighted by molar-refractivity contribution is 5.74. The Bertz CT molecular complexity index is 600. The van der Waals surface area contributed by atoms with Crippen molar-refractivity contribution in [2.24, 2.45) is 5.92 Å². The molecule has 4 heteroatoms. The highest BCUT2D eigenvalue weighted by Gasteiger charge is 2.56. The summed E-state index contributed by atoms with van der Waals surface area (Å²) < 4.78 is 6.37. The number of amides is 1. The van der Waals surface area contributed by atoms with Gasteiger partial charge in [-0.25, -0.2) is 0 Å². The first-order valence-corrected chi connectivity index (χ1v) is 7.90. The Morgan fingerprint density at radius 3 is 3.05 bits per heavy atom. The standard InChI is InChI=1S/C17H21NO3/c1-11(19)18-10-9-17-8-3-2-6-13(17)15(18)12-5-4-7-14(20)16(12)21-17/h4-5,7,13,15,20H,2-3,6,8-10H2,1H3. The second-order valence-corrected chi connectivity index (χ2v) is 6.62. The fourth-order valence-corrected chi connectivity index (χ4v) is 4.66. The molecule has 1 N–H and O–H groups in total. The molecular weight excluding hydrogens is 266 g/mol. The van der Waals surface area contributed by atoms with E-state index in [0.717, 1.165) is 31.4 Å². The molecule has 3 aliphatic rings. The molecule has 3 atom stereocenters. The van der Waals surface area contributed by atoms with Crippen molar-refractivity contribution in [2.45, 2.75) is 50.7 Å². The molecule has 2 aliphatic heterocycles. The third-order valence-electron chi connectivity index (χ3n) is 5.59. The van der Waals surface area contributed by atoms with E-state index in [4.69, 9.17) is 4.74 Å². The van der Waals surface area contributed by atoms with Gasteiger partial charge in [0.15, 0.2) is 11.5 Å². The van der Waals surface area contributed by atoms with Gasteiger partial charge in [0.2, 0.25) is 5.91 Å². The number of fused-ring (bicyclic) bond motifs is 2. The van der Waals surface area contributed by atoms with Crippen LogP contribution in [0.1, 0.15) is 50.6 Å². The Labute approximate surface area is 124 Å². The zero-order valence-electron chi connectivity index (χ0n) is 12.3. The predicted molar refractivity (Wildman–Crippen MR) is 78.2 cm³/mol. The maximum Gasteiger partial charge on any atom is 0.219 e. The molecule has 21 heavy (non-hydrogen) atoms. The van der Waals surface area contributed by atoms with Crippen LogP contribution in [0.2, 0.25) is 0 Å². The summed E-state index contributed by atoms with van der Waals surface area (Å²) in [4.78, 5) is 14.1. The van der Waals surface area contributed by atoms with Crippen molar-refractivity contribution in [1.82, 2.24) is 4.90 Å². The van der Waals surface area contributed by atoms with Crippen LogP contribution in [-0.2, 0) is 4.79 Å². The Morgan fingerprint density at radius 1 is 1.38 bits per heavy atom. The van der Waals surface area contributed by atoms with E-state index in [-0.39, 0.29) is 23.3 Å². The van der Waals surface area contributed by atoms with E-state index < -0.39 is 0 Å². The average molecular weight is 287 g/mol. The van der Waals surface area contributed by atoms with Crippen molar-refractivity contribution in [1.29, 1.82) is 0 Å². The van der Waals surface area contributed by atoms with Gasteiger partial charge >= 0.3 is 0 Å². The number of nitrogens with zero attached hydrogens (tertiary/aromatic N) is 1. The van der Waals surface area contributed by atoms with E-state index in [9.17, 15) is 9.90 Å². The van der Waals surface area contributed by atoms with Gasteiger partial charge in [0.05, 0.1) is 6.04 Å². The van der Waals surface area contributed by atoms with Crippen LogP contribution in [0, 0.1) is 5.92 Å². The SMILES string of the molecule is CC(=O)N1CCC23CCCCC2C1c1cccc(O)c1O3. The van der Waals surface area contributed by atoms with E-state index in [0.29, 0.717) is 11.7 Å². The number of likely N-dealkylation sites (tertiary alicyclic amines) is 1. The monoisotopic (exact) mass is 287 g/mol. The van der Waals surface area contributed by atoms with Gasteiger partial charge in [-0.2, -0.15) is 0 Å². The molecule has 2 fully saturated rings. The molecule has 3 unspecified atom stereocenters. The number of carbonyl (C=O) groups is 1. The zero-order chi connectivity index (χ0) is 14.6. The van der Waals surface area contributed by atoms with Gasteiger partial charge in [-0.05, 0) is 25.3 Å². The third kappa shape index (κ3) is 1.71. The first-order valence-electron chi connectivity index (χ1n) is 7.90. The molecule has 1 aliphatic carbocycles. The molecule has 0 spiro atoms. The van der Waals surface area contributed by atoms with Gasteiger partial charge in [0, 0.05) is 31.4 Å². The number of rotatable bonds is 0. The number of hydrogen-bond acceptors (Lipinski definition) is 3. The zero-order valence-corrected chi connectivity index (χ0v) is 12.3. The van der Waals surface area contributed by atoms with E-state index in [1.54, 1.807) is 13.0 Å². The van der Waals surface area contributed by atoms with Gasteiger partial charge in [-0.3, -0.25) is 4.79 Å².